The second-order valence-corrected chi connectivity index (χ2v) is 10.2. The normalized spacial score (nSPS) is 11.8. The van der Waals surface area contributed by atoms with Crippen molar-refractivity contribution in [2.24, 2.45) is 0 Å². The van der Waals surface area contributed by atoms with Crippen molar-refractivity contribution in [1.29, 1.82) is 0 Å². The highest BCUT2D eigenvalue weighted by Gasteiger charge is 2.17. The van der Waals surface area contributed by atoms with Crippen LogP contribution >= 0.6 is 22.9 Å². The lowest BCUT2D eigenvalue weighted by molar-refractivity contribution is -0.114. The Labute approximate surface area is 189 Å². The van der Waals surface area contributed by atoms with Crippen LogP contribution in [0.4, 0.5) is 0 Å². The number of carbonyl (C=O) groups is 1. The number of amides is 1. The van der Waals surface area contributed by atoms with Crippen molar-refractivity contribution in [3.8, 4) is 0 Å². The monoisotopic (exact) mass is 467 g/mol. The first-order valence-electron chi connectivity index (χ1n) is 9.45. The molecule has 7 heteroatoms. The average Bonchev–Trinajstić information content (AvgIpc) is 3.30. The van der Waals surface area contributed by atoms with Gasteiger partial charge in [0.25, 0.3) is 15.9 Å². The molecule has 0 saturated heterocycles. The van der Waals surface area contributed by atoms with E-state index in [9.17, 15) is 13.2 Å². The van der Waals surface area contributed by atoms with Gasteiger partial charge in [0, 0.05) is 11.1 Å². The molecule has 0 unspecified atom stereocenters. The first-order chi connectivity index (χ1) is 14.9. The van der Waals surface area contributed by atoms with Gasteiger partial charge in [-0.15, -0.1) is 11.3 Å². The van der Waals surface area contributed by atoms with Crippen LogP contribution in [0.1, 0.15) is 16.7 Å². The Balaban J connectivity index is 1.55. The fourth-order valence-electron chi connectivity index (χ4n) is 3.25. The molecule has 1 N–H and O–H groups in total. The Morgan fingerprint density at radius 1 is 0.968 bits per heavy atom. The minimum atomic E-state index is -3.87. The lowest BCUT2D eigenvalue weighted by Crippen LogP contribution is -2.28. The summed E-state index contributed by atoms with van der Waals surface area (Å²) in [5.74, 6) is -0.718. The predicted octanol–water partition coefficient (Wildman–Crippen LogP) is 5.66. The molecule has 4 rings (SSSR count). The highest BCUT2D eigenvalue weighted by Crippen LogP contribution is 2.23. The number of hydrogen-bond donors (Lipinski definition) is 1. The van der Waals surface area contributed by atoms with E-state index < -0.39 is 15.9 Å². The molecule has 0 aliphatic carbocycles. The summed E-state index contributed by atoms with van der Waals surface area (Å²) in [6.45, 7) is 0. The van der Waals surface area contributed by atoms with Gasteiger partial charge in [-0.25, -0.2) is 13.1 Å². The summed E-state index contributed by atoms with van der Waals surface area (Å²) >= 11 is 7.21. The van der Waals surface area contributed by atoms with Gasteiger partial charge in [0.05, 0.1) is 0 Å². The van der Waals surface area contributed by atoms with Gasteiger partial charge in [-0.2, -0.15) is 0 Å². The number of fused-ring (bicyclic) bond motifs is 1. The topological polar surface area (TPSA) is 63.2 Å². The number of thiophene rings is 1. The minimum absolute atomic E-state index is 0.0917. The largest absolute Gasteiger partial charge is 0.273 e. The van der Waals surface area contributed by atoms with Gasteiger partial charge in [-0.05, 0) is 63.5 Å². The van der Waals surface area contributed by atoms with E-state index in [1.54, 1.807) is 29.7 Å². The van der Waals surface area contributed by atoms with Crippen LogP contribution in [0.25, 0.3) is 16.8 Å². The summed E-state index contributed by atoms with van der Waals surface area (Å²) in [5.41, 5.74) is 2.86. The molecule has 156 valence electrons. The van der Waals surface area contributed by atoms with Crippen LogP contribution in [0.3, 0.4) is 0 Å². The maximum Gasteiger partial charge on any atom is 0.273 e. The van der Waals surface area contributed by atoms with E-state index in [0.29, 0.717) is 11.4 Å². The van der Waals surface area contributed by atoms with E-state index in [1.807, 2.05) is 18.2 Å². The second-order valence-electron chi connectivity index (χ2n) is 6.94. The number of nitrogens with one attached hydrogen (secondary N) is 1. The van der Waals surface area contributed by atoms with Crippen LogP contribution in [0, 0.1) is 0 Å². The molecule has 1 amide bonds. The Bertz CT molecular complexity index is 1380. The molecule has 1 aromatic heterocycles. The van der Waals surface area contributed by atoms with Gasteiger partial charge in [0.15, 0.2) is 0 Å². The quantitative estimate of drug-likeness (QED) is 0.372. The molecular weight excluding hydrogens is 450 g/mol. The van der Waals surface area contributed by atoms with E-state index in [4.69, 9.17) is 11.6 Å². The Kier molecular flexibility index (Phi) is 6.23. The van der Waals surface area contributed by atoms with Crippen molar-refractivity contribution in [3.05, 3.63) is 106 Å². The van der Waals surface area contributed by atoms with Crippen LogP contribution in [0.5, 0.6) is 0 Å². The number of sulfonamides is 1. The molecule has 0 saturated carbocycles. The van der Waals surface area contributed by atoms with Crippen LogP contribution < -0.4 is 4.72 Å². The van der Waals surface area contributed by atoms with Gasteiger partial charge in [-0.1, -0.05) is 66.2 Å². The Morgan fingerprint density at radius 2 is 1.77 bits per heavy atom. The zero-order valence-electron chi connectivity index (χ0n) is 16.3. The standard InChI is InChI=1S/C24H18ClNO3S2/c25-22-11-9-20(15-17-7-8-18-4-1-2-5-19(18)14-17)21(16-22)10-12-23(27)26-31(28,29)24-6-3-13-30-24/h1-14,16H,15H2,(H,26,27)/b12-10+. The van der Waals surface area contributed by atoms with Crippen LogP contribution in [0.15, 0.2) is 88.5 Å². The fourth-order valence-corrected chi connectivity index (χ4v) is 5.37. The van der Waals surface area contributed by atoms with Gasteiger partial charge in [0.1, 0.15) is 4.21 Å². The third kappa shape index (κ3) is 5.22. The molecule has 0 fully saturated rings. The Hall–Kier alpha value is -2.93. The third-order valence-electron chi connectivity index (χ3n) is 4.73. The van der Waals surface area contributed by atoms with Crippen LogP contribution in [-0.4, -0.2) is 14.3 Å². The van der Waals surface area contributed by atoms with E-state index in [0.717, 1.165) is 33.4 Å². The molecule has 4 nitrogen and oxygen atoms in total. The molecule has 31 heavy (non-hydrogen) atoms. The molecule has 0 spiro atoms. The number of halogens is 1. The fraction of sp³-hybridized carbons (Fsp3) is 0.0417. The zero-order chi connectivity index (χ0) is 21.8. The average molecular weight is 468 g/mol. The van der Waals surface area contributed by atoms with Crippen molar-refractivity contribution in [1.82, 2.24) is 4.72 Å². The number of benzene rings is 3. The molecular formula is C24H18ClNO3S2. The summed E-state index contributed by atoms with van der Waals surface area (Å²) in [4.78, 5) is 12.2. The van der Waals surface area contributed by atoms with Crippen molar-refractivity contribution in [2.45, 2.75) is 10.6 Å². The van der Waals surface area contributed by atoms with Gasteiger partial charge < -0.3 is 0 Å². The zero-order valence-corrected chi connectivity index (χ0v) is 18.7. The van der Waals surface area contributed by atoms with Crippen molar-refractivity contribution in [2.75, 3.05) is 0 Å². The highest BCUT2D eigenvalue weighted by molar-refractivity contribution is 7.92. The van der Waals surface area contributed by atoms with Gasteiger partial charge in [-0.3, -0.25) is 4.79 Å². The van der Waals surface area contributed by atoms with Gasteiger partial charge in [0.2, 0.25) is 0 Å². The summed E-state index contributed by atoms with van der Waals surface area (Å²) in [5, 5.41) is 4.50. The molecule has 4 aromatic rings. The molecule has 3 aromatic carbocycles. The van der Waals surface area contributed by atoms with E-state index >= 15 is 0 Å². The summed E-state index contributed by atoms with van der Waals surface area (Å²) in [6, 6.07) is 23.0. The highest BCUT2D eigenvalue weighted by atomic mass is 35.5. The maximum absolute atomic E-state index is 12.2. The molecule has 0 aliphatic rings. The lowest BCUT2D eigenvalue weighted by atomic mass is 9.97. The van der Waals surface area contributed by atoms with Crippen molar-refractivity contribution in [3.63, 3.8) is 0 Å². The maximum atomic E-state index is 12.2. The minimum Gasteiger partial charge on any atom is -0.269 e. The molecule has 1 heterocycles. The molecule has 0 atom stereocenters. The smallest absolute Gasteiger partial charge is 0.269 e. The molecule has 0 radical (unpaired) electrons. The first kappa shape index (κ1) is 21.3. The molecule has 0 aliphatic heterocycles. The van der Waals surface area contributed by atoms with E-state index in [1.165, 1.54) is 17.5 Å². The molecule has 0 bridgehead atoms. The number of carbonyl (C=O) groups excluding carboxylic acids is 1. The van der Waals surface area contributed by atoms with Crippen molar-refractivity contribution >= 4 is 55.7 Å². The van der Waals surface area contributed by atoms with Crippen molar-refractivity contribution < 1.29 is 13.2 Å². The van der Waals surface area contributed by atoms with E-state index in [2.05, 4.69) is 35.1 Å². The predicted molar refractivity (Wildman–Crippen MR) is 127 cm³/mol. The number of rotatable bonds is 6. The Morgan fingerprint density at radius 3 is 2.55 bits per heavy atom. The second kappa shape index (κ2) is 9.06. The SMILES string of the molecule is O=C(/C=C/c1cc(Cl)ccc1Cc1ccc2ccccc2c1)NS(=O)(=O)c1cccs1. The van der Waals surface area contributed by atoms with Crippen LogP contribution in [0.2, 0.25) is 5.02 Å². The summed E-state index contributed by atoms with van der Waals surface area (Å²) in [7, 11) is -3.87. The lowest BCUT2D eigenvalue weighted by Gasteiger charge is -2.09. The van der Waals surface area contributed by atoms with Gasteiger partial charge >= 0.3 is 0 Å². The third-order valence-corrected chi connectivity index (χ3v) is 7.70. The van der Waals surface area contributed by atoms with Crippen LogP contribution in [-0.2, 0) is 21.2 Å². The number of hydrogen-bond acceptors (Lipinski definition) is 4. The van der Waals surface area contributed by atoms with E-state index in [-0.39, 0.29) is 4.21 Å². The first-order valence-corrected chi connectivity index (χ1v) is 12.2. The summed E-state index contributed by atoms with van der Waals surface area (Å²) < 4.78 is 26.6. The summed E-state index contributed by atoms with van der Waals surface area (Å²) in [6.07, 6.45) is 3.44.